The van der Waals surface area contributed by atoms with Crippen LogP contribution in [0.1, 0.15) is 46.0 Å². The highest BCUT2D eigenvalue weighted by Gasteiger charge is 2.18. The number of nitrogens with two attached hydrogens (primary N) is 1. The maximum Gasteiger partial charge on any atom is 0.109 e. The molecular formula is C15H23N3. The zero-order chi connectivity index (χ0) is 13.3. The Morgan fingerprint density at radius 2 is 2.00 bits per heavy atom. The van der Waals surface area contributed by atoms with Gasteiger partial charge in [0.1, 0.15) is 5.82 Å². The van der Waals surface area contributed by atoms with Crippen molar-refractivity contribution in [2.24, 2.45) is 5.92 Å². The van der Waals surface area contributed by atoms with Crippen LogP contribution in [0.15, 0.2) is 18.2 Å². The second-order valence-electron chi connectivity index (χ2n) is 5.13. The summed E-state index contributed by atoms with van der Waals surface area (Å²) in [5.41, 5.74) is 8.84. The number of fused-ring (bicyclic) bond motifs is 1. The lowest BCUT2D eigenvalue weighted by atomic mass is 10.0. The van der Waals surface area contributed by atoms with Gasteiger partial charge in [0, 0.05) is 18.2 Å². The van der Waals surface area contributed by atoms with Gasteiger partial charge in [-0.1, -0.05) is 27.2 Å². The molecule has 0 radical (unpaired) electrons. The summed E-state index contributed by atoms with van der Waals surface area (Å²) in [5.74, 6) is 1.80. The summed E-state index contributed by atoms with van der Waals surface area (Å²) in [6.07, 6.45) is 2.13. The predicted octanol–water partition coefficient (Wildman–Crippen LogP) is 3.79. The Labute approximate surface area is 109 Å². The number of nitrogen functional groups attached to an aromatic ring is 1. The van der Waals surface area contributed by atoms with Gasteiger partial charge >= 0.3 is 0 Å². The predicted molar refractivity (Wildman–Crippen MR) is 77.7 cm³/mol. The molecular weight excluding hydrogens is 222 g/mol. The largest absolute Gasteiger partial charge is 0.399 e. The van der Waals surface area contributed by atoms with Gasteiger partial charge in [0.05, 0.1) is 11.0 Å². The van der Waals surface area contributed by atoms with Crippen LogP contribution in [0.5, 0.6) is 0 Å². The third-order valence-electron chi connectivity index (χ3n) is 3.98. The number of hydrogen-bond donors (Lipinski definition) is 1. The van der Waals surface area contributed by atoms with Crippen LogP contribution in [0.4, 0.5) is 5.69 Å². The molecule has 0 aliphatic rings. The van der Waals surface area contributed by atoms with Gasteiger partial charge in [0.15, 0.2) is 0 Å². The summed E-state index contributed by atoms with van der Waals surface area (Å²) < 4.78 is 2.38. The first-order chi connectivity index (χ1) is 8.58. The summed E-state index contributed by atoms with van der Waals surface area (Å²) in [6.45, 7) is 8.98. The Kier molecular flexibility index (Phi) is 3.60. The first-order valence-electron chi connectivity index (χ1n) is 6.84. The van der Waals surface area contributed by atoms with Crippen molar-refractivity contribution < 1.29 is 0 Å². The molecule has 0 aliphatic carbocycles. The van der Waals surface area contributed by atoms with Crippen LogP contribution in [0.3, 0.4) is 0 Å². The van der Waals surface area contributed by atoms with E-state index >= 15 is 0 Å². The molecule has 2 atom stereocenters. The van der Waals surface area contributed by atoms with Crippen molar-refractivity contribution in [3.05, 3.63) is 24.0 Å². The van der Waals surface area contributed by atoms with Crippen molar-refractivity contribution in [1.29, 1.82) is 0 Å². The number of imidazole rings is 1. The minimum atomic E-state index is 0.471. The highest BCUT2D eigenvalue weighted by molar-refractivity contribution is 5.79. The molecule has 1 heterocycles. The Bertz CT molecular complexity index is 542. The number of aromatic nitrogens is 2. The average molecular weight is 245 g/mol. The van der Waals surface area contributed by atoms with Crippen molar-refractivity contribution >= 4 is 16.7 Å². The standard InChI is InChI=1S/C15H23N3/c1-5-10(3)11(4)18-14-8-7-12(16)9-13(14)17-15(18)6-2/h7-11H,5-6,16H2,1-4H3. The van der Waals surface area contributed by atoms with E-state index in [0.29, 0.717) is 12.0 Å². The monoisotopic (exact) mass is 245 g/mol. The van der Waals surface area contributed by atoms with E-state index in [1.54, 1.807) is 0 Å². The Morgan fingerprint density at radius 3 is 2.61 bits per heavy atom. The van der Waals surface area contributed by atoms with Gasteiger partial charge in [0.2, 0.25) is 0 Å². The molecule has 0 bridgehead atoms. The number of benzene rings is 1. The van der Waals surface area contributed by atoms with Gasteiger partial charge in [-0.3, -0.25) is 0 Å². The van der Waals surface area contributed by atoms with E-state index in [-0.39, 0.29) is 0 Å². The zero-order valence-corrected chi connectivity index (χ0v) is 11.8. The fourth-order valence-electron chi connectivity index (χ4n) is 2.47. The molecule has 0 saturated carbocycles. The normalized spacial score (nSPS) is 14.9. The van der Waals surface area contributed by atoms with Gasteiger partial charge < -0.3 is 10.3 Å². The highest BCUT2D eigenvalue weighted by atomic mass is 15.1. The van der Waals surface area contributed by atoms with E-state index in [2.05, 4.69) is 38.3 Å². The lowest BCUT2D eigenvalue weighted by molar-refractivity contribution is 0.369. The molecule has 0 saturated heterocycles. The van der Waals surface area contributed by atoms with Gasteiger partial charge in [-0.25, -0.2) is 4.98 Å². The maximum atomic E-state index is 5.84. The van der Waals surface area contributed by atoms with Crippen molar-refractivity contribution in [3.63, 3.8) is 0 Å². The number of aryl methyl sites for hydroxylation is 1. The molecule has 18 heavy (non-hydrogen) atoms. The van der Waals surface area contributed by atoms with E-state index in [0.717, 1.165) is 23.4 Å². The quantitative estimate of drug-likeness (QED) is 0.833. The van der Waals surface area contributed by atoms with E-state index in [4.69, 9.17) is 10.7 Å². The van der Waals surface area contributed by atoms with Crippen LogP contribution in [-0.4, -0.2) is 9.55 Å². The summed E-state index contributed by atoms with van der Waals surface area (Å²) in [6, 6.07) is 6.49. The van der Waals surface area contributed by atoms with Gasteiger partial charge in [0.25, 0.3) is 0 Å². The summed E-state index contributed by atoms with van der Waals surface area (Å²) in [4.78, 5) is 4.71. The molecule has 2 unspecified atom stereocenters. The van der Waals surface area contributed by atoms with Gasteiger partial charge in [-0.2, -0.15) is 0 Å². The van der Waals surface area contributed by atoms with E-state index < -0.39 is 0 Å². The van der Waals surface area contributed by atoms with Crippen molar-refractivity contribution in [2.45, 2.75) is 46.6 Å². The molecule has 2 rings (SSSR count). The zero-order valence-electron chi connectivity index (χ0n) is 11.8. The minimum absolute atomic E-state index is 0.471. The second-order valence-corrected chi connectivity index (χ2v) is 5.13. The molecule has 0 spiro atoms. The van der Waals surface area contributed by atoms with Crippen molar-refractivity contribution in [2.75, 3.05) is 5.73 Å². The van der Waals surface area contributed by atoms with Crippen molar-refractivity contribution in [3.8, 4) is 0 Å². The van der Waals surface area contributed by atoms with Crippen LogP contribution < -0.4 is 5.73 Å². The highest BCUT2D eigenvalue weighted by Crippen LogP contribution is 2.28. The van der Waals surface area contributed by atoms with Crippen LogP contribution in [0, 0.1) is 5.92 Å². The Balaban J connectivity index is 2.60. The molecule has 1 aromatic carbocycles. The maximum absolute atomic E-state index is 5.84. The number of nitrogens with zero attached hydrogens (tertiary/aromatic N) is 2. The molecule has 0 fully saturated rings. The first kappa shape index (κ1) is 12.9. The number of hydrogen-bond acceptors (Lipinski definition) is 2. The topological polar surface area (TPSA) is 43.8 Å². The van der Waals surface area contributed by atoms with Crippen LogP contribution in [0.25, 0.3) is 11.0 Å². The minimum Gasteiger partial charge on any atom is -0.399 e. The molecule has 0 aliphatic heterocycles. The smallest absolute Gasteiger partial charge is 0.109 e. The molecule has 1 aromatic heterocycles. The molecule has 2 aromatic rings. The van der Waals surface area contributed by atoms with Crippen LogP contribution >= 0.6 is 0 Å². The molecule has 98 valence electrons. The Hall–Kier alpha value is -1.51. The fourth-order valence-corrected chi connectivity index (χ4v) is 2.47. The third kappa shape index (κ3) is 2.09. The average Bonchev–Trinajstić information content (AvgIpc) is 2.74. The Morgan fingerprint density at radius 1 is 1.28 bits per heavy atom. The van der Waals surface area contributed by atoms with Crippen LogP contribution in [-0.2, 0) is 6.42 Å². The summed E-state index contributed by atoms with van der Waals surface area (Å²) in [5, 5.41) is 0. The number of anilines is 1. The third-order valence-corrected chi connectivity index (χ3v) is 3.98. The van der Waals surface area contributed by atoms with E-state index in [9.17, 15) is 0 Å². The van der Waals surface area contributed by atoms with Crippen LogP contribution in [0.2, 0.25) is 0 Å². The van der Waals surface area contributed by atoms with Gasteiger partial charge in [-0.15, -0.1) is 0 Å². The molecule has 0 amide bonds. The van der Waals surface area contributed by atoms with E-state index in [1.165, 1.54) is 11.9 Å². The first-order valence-corrected chi connectivity index (χ1v) is 6.84. The van der Waals surface area contributed by atoms with Crippen molar-refractivity contribution in [1.82, 2.24) is 9.55 Å². The fraction of sp³-hybridized carbons (Fsp3) is 0.533. The molecule has 3 nitrogen and oxygen atoms in total. The SMILES string of the molecule is CCc1nc2cc(N)ccc2n1C(C)C(C)CC. The molecule has 2 N–H and O–H groups in total. The molecule has 3 heteroatoms. The van der Waals surface area contributed by atoms with E-state index in [1.807, 2.05) is 12.1 Å². The second kappa shape index (κ2) is 5.01. The van der Waals surface area contributed by atoms with Gasteiger partial charge in [-0.05, 0) is 31.0 Å². The summed E-state index contributed by atoms with van der Waals surface area (Å²) >= 11 is 0. The lowest BCUT2D eigenvalue weighted by Crippen LogP contribution is -2.15. The summed E-state index contributed by atoms with van der Waals surface area (Å²) in [7, 11) is 0. The number of rotatable bonds is 4. The lowest BCUT2D eigenvalue weighted by Gasteiger charge is -2.23.